The molecule has 0 amide bonds. The molecule has 134 valence electrons. The van der Waals surface area contributed by atoms with Crippen LogP contribution in [-0.4, -0.2) is 43.7 Å². The van der Waals surface area contributed by atoms with E-state index in [1.165, 1.54) is 31.3 Å². The number of anilines is 1. The minimum Gasteiger partial charge on any atom is -0.358 e. The van der Waals surface area contributed by atoms with Crippen LogP contribution in [0.15, 0.2) is 41.7 Å². The molecular formula is C15H17ClN4O4S. The molecule has 1 aromatic carbocycles. The van der Waals surface area contributed by atoms with Crippen molar-refractivity contribution in [1.29, 1.82) is 0 Å². The van der Waals surface area contributed by atoms with E-state index in [1.807, 2.05) is 0 Å². The molecule has 0 bridgehead atoms. The van der Waals surface area contributed by atoms with Gasteiger partial charge in [0, 0.05) is 32.0 Å². The number of nitrogens with one attached hydrogen (secondary N) is 2. The van der Waals surface area contributed by atoms with Crippen LogP contribution >= 0.6 is 11.6 Å². The zero-order valence-corrected chi connectivity index (χ0v) is 15.1. The Kier molecular flexibility index (Phi) is 5.00. The summed E-state index contributed by atoms with van der Waals surface area (Å²) in [4.78, 5) is 3.00. The van der Waals surface area contributed by atoms with Gasteiger partial charge in [0.1, 0.15) is 4.90 Å². The summed E-state index contributed by atoms with van der Waals surface area (Å²) in [5.41, 5.74) is 1.02. The highest BCUT2D eigenvalue weighted by Gasteiger charge is 2.19. The Labute approximate surface area is 149 Å². The normalized spacial score (nSPS) is 12.2. The Bertz CT molecular complexity index is 979. The summed E-state index contributed by atoms with van der Waals surface area (Å²) < 4.78 is 39.4. The van der Waals surface area contributed by atoms with Gasteiger partial charge in [-0.05, 0) is 6.07 Å². The molecule has 0 aliphatic carbocycles. The molecule has 0 saturated heterocycles. The molecule has 2 aromatic heterocycles. The lowest BCUT2D eigenvalue weighted by atomic mass is 10.2. The maximum atomic E-state index is 12.6. The number of rotatable bonds is 7. The number of fused-ring (bicyclic) bond motifs is 1. The van der Waals surface area contributed by atoms with E-state index in [1.54, 1.807) is 24.4 Å². The Morgan fingerprint density at radius 2 is 2.12 bits per heavy atom. The average molecular weight is 385 g/mol. The van der Waals surface area contributed by atoms with Crippen molar-refractivity contribution >= 4 is 38.2 Å². The van der Waals surface area contributed by atoms with Crippen LogP contribution < -0.4 is 4.72 Å². The lowest BCUT2D eigenvalue weighted by Gasteiger charge is -2.12. The number of sulfonamides is 1. The molecule has 0 unspecified atom stereocenters. The molecule has 0 fully saturated rings. The largest absolute Gasteiger partial charge is 0.358 e. The van der Waals surface area contributed by atoms with Crippen LogP contribution in [0, 0.1) is 0 Å². The predicted molar refractivity (Wildman–Crippen MR) is 94.2 cm³/mol. The topological polar surface area (TPSA) is 98.2 Å². The minimum atomic E-state index is -3.80. The number of para-hydroxylation sites is 1. The van der Waals surface area contributed by atoms with Crippen LogP contribution in [0.4, 0.5) is 5.69 Å². The standard InChI is InChI=1S/C15H17ClN4O4S/c1-23-14(24-2)9-20-8-10(6-18-20)25(21,22)19-13-5-3-4-11-12(16)7-17-15(11)13/h3-8,14,17,19H,9H2,1-2H3. The van der Waals surface area contributed by atoms with Crippen LogP contribution in [0.5, 0.6) is 0 Å². The first-order valence-electron chi connectivity index (χ1n) is 7.31. The second-order valence-corrected chi connectivity index (χ2v) is 7.36. The number of hydrogen-bond donors (Lipinski definition) is 2. The SMILES string of the molecule is COC(Cn1cc(S(=O)(=O)Nc2cccc3c(Cl)c[nH]c23)cn1)OC. The van der Waals surface area contributed by atoms with E-state index in [0.29, 0.717) is 16.2 Å². The molecular weight excluding hydrogens is 368 g/mol. The Morgan fingerprint density at radius 3 is 2.84 bits per heavy atom. The molecule has 0 spiro atoms. The zero-order valence-electron chi connectivity index (χ0n) is 13.6. The van der Waals surface area contributed by atoms with Crippen LogP contribution in [-0.2, 0) is 26.0 Å². The summed E-state index contributed by atoms with van der Waals surface area (Å²) >= 11 is 6.07. The molecule has 10 heteroatoms. The van der Waals surface area contributed by atoms with Gasteiger partial charge in [0.15, 0.2) is 6.29 Å². The van der Waals surface area contributed by atoms with E-state index >= 15 is 0 Å². The number of nitrogens with zero attached hydrogens (tertiary/aromatic N) is 2. The monoisotopic (exact) mass is 384 g/mol. The van der Waals surface area contributed by atoms with Gasteiger partial charge in [-0.25, -0.2) is 8.42 Å². The van der Waals surface area contributed by atoms with Crippen LogP contribution in [0.1, 0.15) is 0 Å². The van der Waals surface area contributed by atoms with Gasteiger partial charge >= 0.3 is 0 Å². The molecule has 2 N–H and O–H groups in total. The van der Waals surface area contributed by atoms with Crippen molar-refractivity contribution in [3.63, 3.8) is 0 Å². The van der Waals surface area contributed by atoms with Crippen molar-refractivity contribution in [2.45, 2.75) is 17.7 Å². The van der Waals surface area contributed by atoms with Gasteiger partial charge in [0.25, 0.3) is 10.0 Å². The van der Waals surface area contributed by atoms with Crippen molar-refractivity contribution in [3.8, 4) is 0 Å². The molecule has 0 aliphatic heterocycles. The Morgan fingerprint density at radius 1 is 1.36 bits per heavy atom. The lowest BCUT2D eigenvalue weighted by molar-refractivity contribution is -0.112. The fraction of sp³-hybridized carbons (Fsp3) is 0.267. The van der Waals surface area contributed by atoms with Gasteiger partial charge < -0.3 is 14.5 Å². The van der Waals surface area contributed by atoms with E-state index in [9.17, 15) is 8.42 Å². The number of H-pyrrole nitrogens is 1. The quantitative estimate of drug-likeness (QED) is 0.609. The van der Waals surface area contributed by atoms with Crippen molar-refractivity contribution in [3.05, 3.63) is 41.8 Å². The number of aromatic amines is 1. The van der Waals surface area contributed by atoms with E-state index in [2.05, 4.69) is 14.8 Å². The third kappa shape index (κ3) is 3.64. The number of hydrogen-bond acceptors (Lipinski definition) is 5. The maximum Gasteiger partial charge on any atom is 0.265 e. The number of aromatic nitrogens is 3. The predicted octanol–water partition coefficient (Wildman–Crippen LogP) is 2.44. The Hall–Kier alpha value is -2.07. The molecule has 0 atom stereocenters. The Balaban J connectivity index is 1.85. The van der Waals surface area contributed by atoms with Crippen LogP contribution in [0.25, 0.3) is 10.9 Å². The van der Waals surface area contributed by atoms with E-state index < -0.39 is 16.3 Å². The van der Waals surface area contributed by atoms with Crippen LogP contribution in [0.3, 0.4) is 0 Å². The van der Waals surface area contributed by atoms with Gasteiger partial charge in [-0.3, -0.25) is 9.40 Å². The highest BCUT2D eigenvalue weighted by molar-refractivity contribution is 7.92. The van der Waals surface area contributed by atoms with E-state index in [0.717, 1.165) is 5.39 Å². The van der Waals surface area contributed by atoms with Gasteiger partial charge in [-0.1, -0.05) is 23.7 Å². The van der Waals surface area contributed by atoms with Crippen molar-refractivity contribution < 1.29 is 17.9 Å². The smallest absolute Gasteiger partial charge is 0.265 e. The van der Waals surface area contributed by atoms with Gasteiger partial charge in [-0.2, -0.15) is 5.10 Å². The van der Waals surface area contributed by atoms with Crippen molar-refractivity contribution in [2.24, 2.45) is 0 Å². The molecule has 25 heavy (non-hydrogen) atoms. The molecule has 0 aliphatic rings. The highest BCUT2D eigenvalue weighted by Crippen LogP contribution is 2.29. The summed E-state index contributed by atoms with van der Waals surface area (Å²) in [6.07, 6.45) is 3.78. The van der Waals surface area contributed by atoms with E-state index in [4.69, 9.17) is 21.1 Å². The molecule has 3 rings (SSSR count). The molecule has 0 radical (unpaired) electrons. The first-order chi connectivity index (χ1) is 11.9. The third-order valence-electron chi connectivity index (χ3n) is 3.69. The summed E-state index contributed by atoms with van der Waals surface area (Å²) in [5, 5.41) is 5.29. The second kappa shape index (κ2) is 7.04. The van der Waals surface area contributed by atoms with Crippen molar-refractivity contribution in [1.82, 2.24) is 14.8 Å². The number of halogens is 1. The number of benzene rings is 1. The second-order valence-electron chi connectivity index (χ2n) is 5.27. The lowest BCUT2D eigenvalue weighted by Crippen LogP contribution is -2.20. The maximum absolute atomic E-state index is 12.6. The summed E-state index contributed by atoms with van der Waals surface area (Å²) in [5.74, 6) is 0. The first kappa shape index (κ1) is 17.7. The molecule has 8 nitrogen and oxygen atoms in total. The third-order valence-corrected chi connectivity index (χ3v) is 5.32. The van der Waals surface area contributed by atoms with Crippen molar-refractivity contribution in [2.75, 3.05) is 18.9 Å². The van der Waals surface area contributed by atoms with Crippen LogP contribution in [0.2, 0.25) is 5.02 Å². The van der Waals surface area contributed by atoms with Gasteiger partial charge in [0.2, 0.25) is 0 Å². The van der Waals surface area contributed by atoms with Gasteiger partial charge in [-0.15, -0.1) is 0 Å². The zero-order chi connectivity index (χ0) is 18.0. The van der Waals surface area contributed by atoms with Gasteiger partial charge in [0.05, 0.1) is 29.0 Å². The van der Waals surface area contributed by atoms with E-state index in [-0.39, 0.29) is 11.4 Å². The first-order valence-corrected chi connectivity index (χ1v) is 9.17. The highest BCUT2D eigenvalue weighted by atomic mass is 35.5. The minimum absolute atomic E-state index is 0.0353. The average Bonchev–Trinajstić information content (AvgIpc) is 3.21. The number of ether oxygens (including phenoxy) is 2. The summed E-state index contributed by atoms with van der Waals surface area (Å²) in [6.45, 7) is 0.268. The fourth-order valence-electron chi connectivity index (χ4n) is 2.39. The summed E-state index contributed by atoms with van der Waals surface area (Å²) in [6, 6.07) is 5.19. The molecule has 3 aromatic rings. The fourth-order valence-corrected chi connectivity index (χ4v) is 3.63. The number of methoxy groups -OCH3 is 2. The molecule has 0 saturated carbocycles. The summed E-state index contributed by atoms with van der Waals surface area (Å²) in [7, 11) is -0.804. The molecule has 2 heterocycles.